The highest BCUT2D eigenvalue weighted by Gasteiger charge is 2.13. The van der Waals surface area contributed by atoms with Crippen molar-refractivity contribution in [3.63, 3.8) is 0 Å². The summed E-state index contributed by atoms with van der Waals surface area (Å²) in [4.78, 5) is 10.9. The fourth-order valence-corrected chi connectivity index (χ4v) is 2.49. The molecule has 0 aromatic heterocycles. The minimum atomic E-state index is 0.0326. The van der Waals surface area contributed by atoms with Gasteiger partial charge < -0.3 is 5.32 Å². The number of carbonyl (C=O) groups excluding carboxylic acids is 1. The number of benzene rings is 1. The lowest BCUT2D eigenvalue weighted by molar-refractivity contribution is -0.118. The lowest BCUT2D eigenvalue weighted by Gasteiger charge is -2.20. The maximum absolute atomic E-state index is 10.9. The van der Waals surface area contributed by atoms with E-state index in [4.69, 9.17) is 0 Å². The Morgan fingerprint density at radius 3 is 2.94 bits per heavy atom. The van der Waals surface area contributed by atoms with Crippen molar-refractivity contribution in [2.24, 2.45) is 0 Å². The first-order chi connectivity index (χ1) is 8.70. The molecule has 0 radical (unpaired) electrons. The molecule has 0 fully saturated rings. The van der Waals surface area contributed by atoms with Gasteiger partial charge in [0.15, 0.2) is 0 Å². The molecular formula is C16H21NO. The van der Waals surface area contributed by atoms with Gasteiger partial charge in [-0.1, -0.05) is 31.2 Å². The largest absolute Gasteiger partial charge is 0.353 e. The topological polar surface area (TPSA) is 29.1 Å². The van der Waals surface area contributed by atoms with Gasteiger partial charge in [0.25, 0.3) is 0 Å². The van der Waals surface area contributed by atoms with Crippen LogP contribution in [-0.2, 0) is 17.6 Å². The number of hydrogen-bond donors (Lipinski definition) is 1. The van der Waals surface area contributed by atoms with E-state index in [0.717, 1.165) is 12.8 Å². The van der Waals surface area contributed by atoms with E-state index in [1.54, 1.807) is 6.92 Å². The van der Waals surface area contributed by atoms with E-state index in [1.807, 2.05) is 0 Å². The van der Waals surface area contributed by atoms with E-state index < -0.39 is 0 Å². The molecule has 2 nitrogen and oxygen atoms in total. The van der Waals surface area contributed by atoms with Crippen LogP contribution in [0, 0.1) is 0 Å². The lowest BCUT2D eigenvalue weighted by atomic mass is 9.86. The molecule has 96 valence electrons. The molecule has 1 aliphatic carbocycles. The fraction of sp³-hybridized carbons (Fsp3) is 0.438. The number of carbonyl (C=O) groups is 1. The van der Waals surface area contributed by atoms with Gasteiger partial charge in [-0.2, -0.15) is 0 Å². The molecule has 1 aliphatic rings. The molecule has 0 saturated carbocycles. The number of nitrogens with one attached hydrogen (secondary N) is 1. The van der Waals surface area contributed by atoms with Gasteiger partial charge in [-0.25, -0.2) is 0 Å². The van der Waals surface area contributed by atoms with Crippen LogP contribution >= 0.6 is 0 Å². The average Bonchev–Trinajstić information content (AvgIpc) is 2.38. The lowest BCUT2D eigenvalue weighted by Crippen LogP contribution is -2.19. The molecule has 2 rings (SSSR count). The maximum atomic E-state index is 10.9. The van der Waals surface area contributed by atoms with Crippen molar-refractivity contribution in [3.8, 4) is 0 Å². The van der Waals surface area contributed by atoms with Gasteiger partial charge in [0, 0.05) is 13.5 Å². The molecule has 18 heavy (non-hydrogen) atoms. The second-order valence-corrected chi connectivity index (χ2v) is 4.87. The summed E-state index contributed by atoms with van der Waals surface area (Å²) >= 11 is 0. The predicted octanol–water partition coefficient (Wildman–Crippen LogP) is 3.10. The molecule has 1 amide bonds. The Labute approximate surface area is 109 Å². The van der Waals surface area contributed by atoms with Crippen molar-refractivity contribution in [3.05, 3.63) is 41.0 Å². The minimum Gasteiger partial charge on any atom is -0.353 e. The third kappa shape index (κ3) is 3.00. The van der Waals surface area contributed by atoms with Crippen LogP contribution in [0.1, 0.15) is 43.4 Å². The zero-order chi connectivity index (χ0) is 13.0. The Hall–Kier alpha value is -1.57. The SMILES string of the molecule is CCc1ccc2c(c1)/C(=C/CNC(C)=O)CCC2. The molecule has 0 unspecified atom stereocenters. The van der Waals surface area contributed by atoms with E-state index in [9.17, 15) is 4.79 Å². The van der Waals surface area contributed by atoms with Gasteiger partial charge in [-0.05, 0) is 47.9 Å². The first-order valence-electron chi connectivity index (χ1n) is 6.76. The number of allylic oxidation sites excluding steroid dienone is 1. The van der Waals surface area contributed by atoms with Crippen molar-refractivity contribution < 1.29 is 4.79 Å². The van der Waals surface area contributed by atoms with Gasteiger partial charge in [-0.3, -0.25) is 4.79 Å². The fourth-order valence-electron chi connectivity index (χ4n) is 2.49. The maximum Gasteiger partial charge on any atom is 0.217 e. The Morgan fingerprint density at radius 2 is 2.22 bits per heavy atom. The van der Waals surface area contributed by atoms with Crippen molar-refractivity contribution in [2.75, 3.05) is 6.54 Å². The highest BCUT2D eigenvalue weighted by atomic mass is 16.1. The standard InChI is InChI=1S/C16H21NO/c1-3-13-7-8-14-5-4-6-15(16(14)11-13)9-10-17-12(2)18/h7-9,11H,3-6,10H2,1-2H3,(H,17,18)/b15-9+. The summed E-state index contributed by atoms with van der Waals surface area (Å²) in [6.45, 7) is 4.38. The number of rotatable bonds is 3. The van der Waals surface area contributed by atoms with E-state index in [2.05, 4.69) is 36.5 Å². The second-order valence-electron chi connectivity index (χ2n) is 4.87. The summed E-state index contributed by atoms with van der Waals surface area (Å²) in [5.41, 5.74) is 5.62. The smallest absolute Gasteiger partial charge is 0.217 e. The Bertz CT molecular complexity index is 474. The minimum absolute atomic E-state index is 0.0326. The Kier molecular flexibility index (Phi) is 4.19. The molecule has 2 heteroatoms. The molecule has 0 saturated heterocycles. The summed E-state index contributed by atoms with van der Waals surface area (Å²) in [6.07, 6.45) is 6.76. The Morgan fingerprint density at radius 1 is 1.39 bits per heavy atom. The van der Waals surface area contributed by atoms with Crippen molar-refractivity contribution in [1.82, 2.24) is 5.32 Å². The van der Waals surface area contributed by atoms with E-state index in [-0.39, 0.29) is 5.91 Å². The van der Waals surface area contributed by atoms with Crippen LogP contribution in [0.3, 0.4) is 0 Å². The van der Waals surface area contributed by atoms with Crippen LogP contribution in [0.4, 0.5) is 0 Å². The zero-order valence-electron chi connectivity index (χ0n) is 11.3. The van der Waals surface area contributed by atoms with E-state index in [0.29, 0.717) is 6.54 Å². The molecular weight excluding hydrogens is 222 g/mol. The predicted molar refractivity (Wildman–Crippen MR) is 75.4 cm³/mol. The van der Waals surface area contributed by atoms with Crippen LogP contribution in [0.25, 0.3) is 5.57 Å². The number of hydrogen-bond acceptors (Lipinski definition) is 1. The monoisotopic (exact) mass is 243 g/mol. The quantitative estimate of drug-likeness (QED) is 0.868. The first kappa shape index (κ1) is 12.9. The third-order valence-electron chi connectivity index (χ3n) is 3.52. The van der Waals surface area contributed by atoms with Gasteiger partial charge >= 0.3 is 0 Å². The molecule has 0 heterocycles. The summed E-state index contributed by atoms with van der Waals surface area (Å²) in [5.74, 6) is 0.0326. The van der Waals surface area contributed by atoms with Crippen LogP contribution in [0.5, 0.6) is 0 Å². The first-order valence-corrected chi connectivity index (χ1v) is 6.76. The van der Waals surface area contributed by atoms with Crippen molar-refractivity contribution in [2.45, 2.75) is 39.5 Å². The Balaban J connectivity index is 2.22. The van der Waals surface area contributed by atoms with Gasteiger partial charge in [0.2, 0.25) is 5.91 Å². The molecule has 0 spiro atoms. The molecule has 1 aromatic carbocycles. The van der Waals surface area contributed by atoms with Crippen LogP contribution in [-0.4, -0.2) is 12.5 Å². The van der Waals surface area contributed by atoms with Crippen LogP contribution in [0.15, 0.2) is 24.3 Å². The summed E-state index contributed by atoms with van der Waals surface area (Å²) in [7, 11) is 0. The number of amides is 1. The normalized spacial score (nSPS) is 16.4. The number of aryl methyl sites for hydroxylation is 2. The number of fused-ring (bicyclic) bond motifs is 1. The molecule has 1 N–H and O–H groups in total. The highest BCUT2D eigenvalue weighted by molar-refractivity contribution is 5.74. The van der Waals surface area contributed by atoms with Crippen molar-refractivity contribution in [1.29, 1.82) is 0 Å². The van der Waals surface area contributed by atoms with Crippen molar-refractivity contribution >= 4 is 11.5 Å². The zero-order valence-corrected chi connectivity index (χ0v) is 11.3. The van der Waals surface area contributed by atoms with Gasteiger partial charge in [-0.15, -0.1) is 0 Å². The summed E-state index contributed by atoms with van der Waals surface area (Å²) in [6, 6.07) is 6.81. The highest BCUT2D eigenvalue weighted by Crippen LogP contribution is 2.31. The summed E-state index contributed by atoms with van der Waals surface area (Å²) in [5, 5.41) is 2.84. The van der Waals surface area contributed by atoms with E-state index >= 15 is 0 Å². The summed E-state index contributed by atoms with van der Waals surface area (Å²) < 4.78 is 0. The third-order valence-corrected chi connectivity index (χ3v) is 3.52. The van der Waals surface area contributed by atoms with Crippen LogP contribution in [0.2, 0.25) is 0 Å². The van der Waals surface area contributed by atoms with Crippen LogP contribution < -0.4 is 5.32 Å². The molecule has 0 aliphatic heterocycles. The molecule has 0 atom stereocenters. The van der Waals surface area contributed by atoms with E-state index in [1.165, 1.54) is 35.1 Å². The molecule has 1 aromatic rings. The van der Waals surface area contributed by atoms with Gasteiger partial charge in [0.05, 0.1) is 0 Å². The van der Waals surface area contributed by atoms with Gasteiger partial charge in [0.1, 0.15) is 0 Å². The second kappa shape index (κ2) is 5.85. The average molecular weight is 243 g/mol. The molecule has 0 bridgehead atoms.